The van der Waals surface area contributed by atoms with Crippen molar-refractivity contribution in [2.24, 2.45) is 29.1 Å². The first-order valence-corrected chi connectivity index (χ1v) is 18.7. The van der Waals surface area contributed by atoms with Gasteiger partial charge in [-0.1, -0.05) is 40.7 Å². The number of hydrogen-bond donors (Lipinski definition) is 1. The first kappa shape index (κ1) is 43.7. The minimum atomic E-state index is -2.42. The number of rotatable bonds is 12. The van der Waals surface area contributed by atoms with Gasteiger partial charge in [0.2, 0.25) is 0 Å². The van der Waals surface area contributed by atoms with E-state index in [4.69, 9.17) is 49.5 Å². The third kappa shape index (κ3) is 9.01. The van der Waals surface area contributed by atoms with Gasteiger partial charge in [0.15, 0.2) is 36.6 Å². The van der Waals surface area contributed by atoms with E-state index in [1.165, 1.54) is 32.1 Å². The number of allylic oxidation sites excluding steroid dienone is 2. The first-order valence-electron chi connectivity index (χ1n) is 18.2. The Kier molecular flexibility index (Phi) is 13.5. The van der Waals surface area contributed by atoms with Gasteiger partial charge < -0.3 is 43.0 Å². The summed E-state index contributed by atoms with van der Waals surface area (Å²) in [4.78, 5) is 91.9. The van der Waals surface area contributed by atoms with E-state index >= 15 is 0 Å². The molecule has 2 aliphatic heterocycles. The van der Waals surface area contributed by atoms with E-state index in [9.17, 15) is 38.7 Å². The fraction of sp³-hybridized carbons (Fsp3) is 0.711. The van der Waals surface area contributed by atoms with Gasteiger partial charge in [-0.15, -0.1) is 11.6 Å². The van der Waals surface area contributed by atoms with Crippen molar-refractivity contribution in [1.82, 2.24) is 0 Å². The highest BCUT2D eigenvalue weighted by atomic mass is 35.5. The molecule has 0 aromatic carbocycles. The number of alkyl halides is 1. The van der Waals surface area contributed by atoms with Gasteiger partial charge in [-0.05, 0) is 36.5 Å². The Morgan fingerprint density at radius 2 is 1.40 bits per heavy atom. The number of carbonyl (C=O) groups is 7. The molecule has 4 aliphatic rings. The van der Waals surface area contributed by atoms with Gasteiger partial charge in [-0.25, -0.2) is 4.79 Å². The molecule has 55 heavy (non-hydrogen) atoms. The Labute approximate surface area is 324 Å². The van der Waals surface area contributed by atoms with Crippen LogP contribution in [0.3, 0.4) is 0 Å². The van der Waals surface area contributed by atoms with Crippen molar-refractivity contribution in [3.8, 4) is 0 Å². The molecule has 0 radical (unpaired) electrons. The summed E-state index contributed by atoms with van der Waals surface area (Å²) in [5.74, 6) is -9.45. The summed E-state index contributed by atoms with van der Waals surface area (Å²) in [6.07, 6.45) is -5.75. The minimum Gasteiger partial charge on any atom is -0.459 e. The number of fused-ring (bicyclic) bond motifs is 3. The second-order valence-electron chi connectivity index (χ2n) is 15.6. The first-order chi connectivity index (χ1) is 25.6. The van der Waals surface area contributed by atoms with Crippen LogP contribution < -0.4 is 0 Å². The lowest BCUT2D eigenvalue weighted by molar-refractivity contribution is -0.279. The average Bonchev–Trinajstić information content (AvgIpc) is 3.82. The lowest BCUT2D eigenvalue weighted by atomic mass is 9.51. The largest absolute Gasteiger partial charge is 0.459 e. The normalized spacial score (nSPS) is 35.1. The molecule has 306 valence electrons. The van der Waals surface area contributed by atoms with Crippen LogP contribution in [-0.4, -0.2) is 114 Å². The van der Waals surface area contributed by atoms with Crippen molar-refractivity contribution in [2.45, 2.75) is 123 Å². The zero-order valence-corrected chi connectivity index (χ0v) is 33.2. The molecule has 2 heterocycles. The third-order valence-electron chi connectivity index (χ3n) is 10.4. The van der Waals surface area contributed by atoms with E-state index in [0.717, 1.165) is 20.8 Å². The molecule has 2 saturated heterocycles. The maximum absolute atomic E-state index is 13.7. The quantitative estimate of drug-likeness (QED) is 0.130. The summed E-state index contributed by atoms with van der Waals surface area (Å²) in [5.41, 5.74) is -5.95. The van der Waals surface area contributed by atoms with E-state index in [1.54, 1.807) is 27.7 Å². The summed E-state index contributed by atoms with van der Waals surface area (Å²) in [5, 5.41) is 12.9. The molecule has 17 heteroatoms. The van der Waals surface area contributed by atoms with Crippen molar-refractivity contribution in [2.75, 3.05) is 19.1 Å². The van der Waals surface area contributed by atoms with E-state index in [0.29, 0.717) is 0 Å². The Balaban J connectivity index is 2.09. The number of epoxide rings is 1. The Hall–Kier alpha value is -4.02. The standard InChI is InChI=1S/C38H51ClO16/c1-18(2)12-27(43)48-16-29(45)53-25-11-10-24(15-39)14-26-38(47,20(5)35(46)54-26)34(52-23(8)42)31-36(25,9)32(50-21(6)40)30(55-28(44)13-19(3)4)33(51-22(7)41)37(31)17-49-37/h10-11,14,18-20,25-26,30-34,47H,12-13,15-17H2,1-9H3/t20-,25-,26-,30+,31+,32-,33+,34-,36+,37-,38-/m0/s1. The molecule has 11 atom stereocenters. The van der Waals surface area contributed by atoms with Gasteiger partial charge in [0.25, 0.3) is 0 Å². The van der Waals surface area contributed by atoms with Crippen LogP contribution in [0.15, 0.2) is 23.8 Å². The molecule has 1 N–H and O–H groups in total. The molecule has 0 bridgehead atoms. The molecule has 1 spiro atoms. The van der Waals surface area contributed by atoms with Crippen molar-refractivity contribution in [3.63, 3.8) is 0 Å². The van der Waals surface area contributed by atoms with Crippen molar-refractivity contribution in [3.05, 3.63) is 23.8 Å². The SMILES string of the molecule is CC(=O)O[C@@H]1[C@H](OC(=O)CC(C)C)[C@H](OC(C)=O)[C@]2(C)[C@@H](OC(=O)COC(=O)CC(C)C)C=CC(CCl)=C[C@@H]3OC(=O)[C@H](C)[C@@]3(O)[C@@H](OC(C)=O)[C@H]2[C@@]12CO2. The molecule has 2 aliphatic carbocycles. The minimum absolute atomic E-state index is 0.0123. The van der Waals surface area contributed by atoms with E-state index in [2.05, 4.69) is 0 Å². The fourth-order valence-electron chi connectivity index (χ4n) is 7.97. The van der Waals surface area contributed by atoms with Gasteiger partial charge in [0.1, 0.15) is 17.8 Å². The van der Waals surface area contributed by atoms with Gasteiger partial charge in [0, 0.05) is 45.4 Å². The topological polar surface area (TPSA) is 217 Å². The van der Waals surface area contributed by atoms with Crippen molar-refractivity contribution in [1.29, 1.82) is 0 Å². The number of carbonyl (C=O) groups excluding carboxylic acids is 7. The second-order valence-corrected chi connectivity index (χ2v) is 15.9. The highest BCUT2D eigenvalue weighted by Gasteiger charge is 2.81. The maximum Gasteiger partial charge on any atom is 0.344 e. The Bertz CT molecular complexity index is 1600. The molecule has 1 saturated carbocycles. The van der Waals surface area contributed by atoms with E-state index in [-0.39, 0.29) is 42.7 Å². The van der Waals surface area contributed by atoms with Crippen LogP contribution in [-0.2, 0) is 71.5 Å². The van der Waals surface area contributed by atoms with Crippen LogP contribution in [0, 0.1) is 29.1 Å². The maximum atomic E-state index is 13.7. The van der Waals surface area contributed by atoms with Crippen molar-refractivity contribution >= 4 is 53.4 Å². The van der Waals surface area contributed by atoms with Crippen LogP contribution in [0.25, 0.3) is 0 Å². The summed E-state index contributed by atoms with van der Waals surface area (Å²) in [6, 6.07) is 0. The van der Waals surface area contributed by atoms with Crippen molar-refractivity contribution < 1.29 is 76.6 Å². The molecule has 16 nitrogen and oxygen atoms in total. The van der Waals surface area contributed by atoms with Gasteiger partial charge in [-0.3, -0.25) is 28.8 Å². The lowest BCUT2D eigenvalue weighted by Crippen LogP contribution is -2.76. The van der Waals surface area contributed by atoms with Crippen LogP contribution >= 0.6 is 11.6 Å². The monoisotopic (exact) mass is 798 g/mol. The molecular formula is C38H51ClO16. The number of halogens is 1. The number of hydrogen-bond acceptors (Lipinski definition) is 16. The smallest absolute Gasteiger partial charge is 0.344 e. The fourth-order valence-corrected chi connectivity index (χ4v) is 8.14. The molecular weight excluding hydrogens is 748 g/mol. The Morgan fingerprint density at radius 3 is 1.93 bits per heavy atom. The van der Waals surface area contributed by atoms with Crippen LogP contribution in [0.4, 0.5) is 0 Å². The van der Waals surface area contributed by atoms with Gasteiger partial charge in [-0.2, -0.15) is 0 Å². The zero-order valence-electron chi connectivity index (χ0n) is 32.5. The second kappa shape index (κ2) is 17.0. The van der Waals surface area contributed by atoms with Gasteiger partial charge >= 0.3 is 41.8 Å². The van der Waals surface area contributed by atoms with Gasteiger partial charge in [0.05, 0.1) is 17.9 Å². The lowest BCUT2D eigenvalue weighted by Gasteiger charge is -2.59. The summed E-state index contributed by atoms with van der Waals surface area (Å²) >= 11 is 6.34. The summed E-state index contributed by atoms with van der Waals surface area (Å²) in [7, 11) is 0. The van der Waals surface area contributed by atoms with E-state index < -0.39 is 113 Å². The predicted molar refractivity (Wildman–Crippen MR) is 189 cm³/mol. The number of aliphatic hydroxyl groups is 1. The molecule has 4 rings (SSSR count). The number of ether oxygens (including phenoxy) is 8. The number of esters is 7. The highest BCUT2D eigenvalue weighted by Crippen LogP contribution is 2.63. The predicted octanol–water partition coefficient (Wildman–Crippen LogP) is 2.67. The molecule has 0 amide bonds. The van der Waals surface area contributed by atoms with Crippen LogP contribution in [0.1, 0.15) is 75.2 Å². The summed E-state index contributed by atoms with van der Waals surface area (Å²) in [6.45, 7) is 12.1. The molecule has 0 aromatic heterocycles. The molecule has 3 fully saturated rings. The molecule has 0 unspecified atom stereocenters. The summed E-state index contributed by atoms with van der Waals surface area (Å²) < 4.78 is 47.0. The van der Waals surface area contributed by atoms with E-state index in [1.807, 2.05) is 0 Å². The van der Waals surface area contributed by atoms with Crippen LogP contribution in [0.2, 0.25) is 0 Å². The average molecular weight is 799 g/mol. The Morgan fingerprint density at radius 1 is 0.855 bits per heavy atom. The highest BCUT2D eigenvalue weighted by molar-refractivity contribution is 6.19. The third-order valence-corrected chi connectivity index (χ3v) is 10.7. The zero-order chi connectivity index (χ0) is 41.2. The molecule has 0 aromatic rings. The van der Waals surface area contributed by atoms with Crippen LogP contribution in [0.5, 0.6) is 0 Å².